The summed E-state index contributed by atoms with van der Waals surface area (Å²) in [5, 5.41) is 5.17. The number of nitrogens with one attached hydrogen (secondary N) is 2. The third kappa shape index (κ3) is 6.39. The van der Waals surface area contributed by atoms with Gasteiger partial charge in [0.05, 0.1) is 0 Å². The minimum absolute atomic E-state index is 0.206. The number of carbonyl (C=O) groups is 1. The Kier molecular flexibility index (Phi) is 8.27. The molecule has 1 amide bonds. The Morgan fingerprint density at radius 1 is 1.06 bits per heavy atom. The van der Waals surface area contributed by atoms with E-state index in [9.17, 15) is 13.2 Å². The van der Waals surface area contributed by atoms with Crippen molar-refractivity contribution in [2.45, 2.75) is 26.4 Å². The number of benzene rings is 2. The molecule has 2 aromatic heterocycles. The normalized spacial score (nSPS) is 12.3. The fourth-order valence-electron chi connectivity index (χ4n) is 2.88. The van der Waals surface area contributed by atoms with Crippen LogP contribution in [0.3, 0.4) is 0 Å². The summed E-state index contributed by atoms with van der Waals surface area (Å²) in [4.78, 5) is 18.4. The maximum Gasteiger partial charge on any atom is 0.271 e. The van der Waals surface area contributed by atoms with Gasteiger partial charge in [-0.15, -0.1) is 23.1 Å². The number of anilines is 2. The highest BCUT2D eigenvalue weighted by Crippen LogP contribution is 2.37. The maximum atomic E-state index is 13.2. The van der Waals surface area contributed by atoms with Crippen LogP contribution in [0.25, 0.3) is 0 Å². The average molecular weight is 549 g/mol. The van der Waals surface area contributed by atoms with Crippen LogP contribution in [0.4, 0.5) is 10.8 Å². The van der Waals surface area contributed by atoms with Crippen LogP contribution >= 0.6 is 46.4 Å². The van der Waals surface area contributed by atoms with Crippen molar-refractivity contribution < 1.29 is 13.2 Å². The van der Waals surface area contributed by atoms with Gasteiger partial charge in [0, 0.05) is 22.1 Å². The van der Waals surface area contributed by atoms with Crippen LogP contribution < -0.4 is 10.0 Å². The van der Waals surface area contributed by atoms with Gasteiger partial charge in [0.25, 0.3) is 10.0 Å². The van der Waals surface area contributed by atoms with Gasteiger partial charge in [-0.05, 0) is 47.0 Å². The maximum absolute atomic E-state index is 13.2. The fraction of sp³-hybridized carbons (Fsp3) is 0.136. The number of hydrogen-bond acceptors (Lipinski definition) is 9. The quantitative estimate of drug-likeness (QED) is 0.235. The number of sulfonamides is 1. The van der Waals surface area contributed by atoms with E-state index in [0.717, 1.165) is 39.1 Å². The zero-order valence-corrected chi connectivity index (χ0v) is 22.0. The molecule has 1 unspecified atom stereocenters. The highest BCUT2D eigenvalue weighted by molar-refractivity contribution is 8.00. The molecule has 34 heavy (non-hydrogen) atoms. The molecule has 4 aromatic rings. The number of thioether (sulfide) groups is 2. The summed E-state index contributed by atoms with van der Waals surface area (Å²) in [7, 11) is -3.62. The summed E-state index contributed by atoms with van der Waals surface area (Å²) in [6.45, 7) is 2.02. The predicted molar refractivity (Wildman–Crippen MR) is 142 cm³/mol. The SMILES string of the molecule is CCSc1nsc(NC(=O)C(Sc2ccc(NS(=O)(=O)c3cccs3)cc2)c2ccccc2)n1. The highest BCUT2D eigenvalue weighted by atomic mass is 32.2. The minimum atomic E-state index is -3.62. The van der Waals surface area contributed by atoms with Crippen LogP contribution in [0.1, 0.15) is 17.7 Å². The van der Waals surface area contributed by atoms with E-state index in [2.05, 4.69) is 19.4 Å². The van der Waals surface area contributed by atoms with E-state index in [0.29, 0.717) is 16.0 Å². The largest absolute Gasteiger partial charge is 0.299 e. The Morgan fingerprint density at radius 3 is 2.50 bits per heavy atom. The zero-order valence-electron chi connectivity index (χ0n) is 17.9. The summed E-state index contributed by atoms with van der Waals surface area (Å²) in [5.41, 5.74) is 1.30. The van der Waals surface area contributed by atoms with Crippen LogP contribution in [0.5, 0.6) is 0 Å². The Hall–Kier alpha value is -2.38. The van der Waals surface area contributed by atoms with E-state index in [1.54, 1.807) is 41.8 Å². The van der Waals surface area contributed by atoms with Crippen LogP contribution in [-0.2, 0) is 14.8 Å². The molecule has 7 nitrogen and oxygen atoms in total. The van der Waals surface area contributed by atoms with Gasteiger partial charge in [-0.3, -0.25) is 14.8 Å². The lowest BCUT2D eigenvalue weighted by atomic mass is 10.1. The summed E-state index contributed by atoms with van der Waals surface area (Å²) in [6, 6.07) is 19.7. The minimum Gasteiger partial charge on any atom is -0.299 e. The first kappa shape index (κ1) is 24.7. The molecular weight excluding hydrogens is 529 g/mol. The molecule has 4 rings (SSSR count). The van der Waals surface area contributed by atoms with Crippen LogP contribution in [0.15, 0.2) is 86.4 Å². The number of carbonyl (C=O) groups excluding carboxylic acids is 1. The summed E-state index contributed by atoms with van der Waals surface area (Å²) in [5.74, 6) is 0.648. The predicted octanol–water partition coefficient (Wildman–Crippen LogP) is 5.98. The van der Waals surface area contributed by atoms with Crippen molar-refractivity contribution in [2.75, 3.05) is 15.8 Å². The van der Waals surface area contributed by atoms with E-state index < -0.39 is 15.3 Å². The molecule has 0 saturated carbocycles. The number of amides is 1. The molecule has 0 bridgehead atoms. The lowest BCUT2D eigenvalue weighted by Gasteiger charge is -2.16. The Balaban J connectivity index is 1.49. The van der Waals surface area contributed by atoms with Crippen LogP contribution in [0, 0.1) is 0 Å². The van der Waals surface area contributed by atoms with E-state index >= 15 is 0 Å². The van der Waals surface area contributed by atoms with E-state index in [1.807, 2.05) is 37.3 Å². The van der Waals surface area contributed by atoms with E-state index in [-0.39, 0.29) is 10.1 Å². The first-order valence-corrected chi connectivity index (χ1v) is 15.1. The van der Waals surface area contributed by atoms with Crippen molar-refractivity contribution in [3.05, 3.63) is 77.7 Å². The number of nitrogens with zero attached hydrogens (tertiary/aromatic N) is 2. The summed E-state index contributed by atoms with van der Waals surface area (Å²) < 4.78 is 32.0. The monoisotopic (exact) mass is 548 g/mol. The number of hydrogen-bond donors (Lipinski definition) is 2. The molecule has 2 aromatic carbocycles. The molecule has 0 fully saturated rings. The van der Waals surface area contributed by atoms with Crippen molar-refractivity contribution in [2.24, 2.45) is 0 Å². The Morgan fingerprint density at radius 2 is 1.82 bits per heavy atom. The molecule has 0 aliphatic rings. The van der Waals surface area contributed by atoms with Gasteiger partial charge < -0.3 is 0 Å². The molecule has 2 heterocycles. The lowest BCUT2D eigenvalue weighted by molar-refractivity contribution is -0.115. The molecule has 176 valence electrons. The first-order chi connectivity index (χ1) is 16.4. The fourth-order valence-corrected chi connectivity index (χ4v) is 7.23. The molecule has 0 aliphatic carbocycles. The van der Waals surface area contributed by atoms with Crippen LogP contribution in [-0.4, -0.2) is 29.4 Å². The lowest BCUT2D eigenvalue weighted by Crippen LogP contribution is -2.19. The smallest absolute Gasteiger partial charge is 0.271 e. The standard InChI is InChI=1S/C22H20N4O3S5/c1-2-30-22-24-21(33-25-22)23-20(27)19(15-7-4-3-5-8-15)32-17-12-10-16(11-13-17)26-34(28,29)18-9-6-14-31-18/h3-14,19,26H,2H2,1H3,(H,23,24,25,27). The molecule has 0 aliphatic heterocycles. The topological polar surface area (TPSA) is 101 Å². The van der Waals surface area contributed by atoms with Gasteiger partial charge in [0.2, 0.25) is 16.2 Å². The zero-order chi connectivity index (χ0) is 24.0. The average Bonchev–Trinajstić information content (AvgIpc) is 3.52. The number of aromatic nitrogens is 2. The van der Waals surface area contributed by atoms with Gasteiger partial charge in [0.1, 0.15) is 9.46 Å². The third-order valence-corrected chi connectivity index (χ3v) is 9.89. The van der Waals surface area contributed by atoms with E-state index in [1.165, 1.54) is 23.5 Å². The molecule has 2 N–H and O–H groups in total. The Labute approximate surface area is 214 Å². The van der Waals surface area contributed by atoms with Crippen molar-refractivity contribution in [1.82, 2.24) is 9.36 Å². The molecule has 0 spiro atoms. The van der Waals surface area contributed by atoms with Gasteiger partial charge in [-0.25, -0.2) is 8.42 Å². The van der Waals surface area contributed by atoms with Crippen molar-refractivity contribution in [3.63, 3.8) is 0 Å². The second-order valence-electron chi connectivity index (χ2n) is 6.77. The second kappa shape index (κ2) is 11.4. The molecule has 0 radical (unpaired) electrons. The number of thiophene rings is 1. The van der Waals surface area contributed by atoms with E-state index in [4.69, 9.17) is 0 Å². The Bertz CT molecular complexity index is 1320. The van der Waals surface area contributed by atoms with Gasteiger partial charge >= 0.3 is 0 Å². The summed E-state index contributed by atoms with van der Waals surface area (Å²) in [6.07, 6.45) is 0. The van der Waals surface area contributed by atoms with Crippen molar-refractivity contribution in [3.8, 4) is 0 Å². The van der Waals surface area contributed by atoms with Gasteiger partial charge in [-0.2, -0.15) is 9.36 Å². The highest BCUT2D eigenvalue weighted by Gasteiger charge is 2.23. The van der Waals surface area contributed by atoms with Crippen molar-refractivity contribution in [1.29, 1.82) is 0 Å². The second-order valence-corrected chi connectivity index (χ2v) is 12.8. The van der Waals surface area contributed by atoms with Gasteiger partial charge in [-0.1, -0.05) is 55.1 Å². The molecule has 0 saturated heterocycles. The first-order valence-electron chi connectivity index (χ1n) is 10.1. The summed E-state index contributed by atoms with van der Waals surface area (Å²) >= 11 is 5.21. The van der Waals surface area contributed by atoms with Crippen LogP contribution in [0.2, 0.25) is 0 Å². The number of rotatable bonds is 10. The van der Waals surface area contributed by atoms with Gasteiger partial charge in [0.15, 0.2) is 0 Å². The molecular formula is C22H20N4O3S5. The molecule has 12 heteroatoms. The third-order valence-electron chi connectivity index (χ3n) is 4.37. The van der Waals surface area contributed by atoms with Crippen molar-refractivity contribution >= 4 is 73.1 Å². The molecule has 1 atom stereocenters.